The zero-order valence-corrected chi connectivity index (χ0v) is 9.38. The van der Waals surface area contributed by atoms with Gasteiger partial charge in [-0.2, -0.15) is 5.10 Å². The minimum Gasteiger partial charge on any atom is -0.508 e. The van der Waals surface area contributed by atoms with Crippen LogP contribution in [-0.2, 0) is 7.05 Å². The molecule has 1 heterocycles. The van der Waals surface area contributed by atoms with E-state index in [2.05, 4.69) is 17.3 Å². The zero-order valence-electron chi connectivity index (χ0n) is 9.38. The number of aryl methyl sites for hydroxylation is 1. The molecule has 0 fully saturated rings. The van der Waals surface area contributed by atoms with Gasteiger partial charge in [-0.3, -0.25) is 4.68 Å². The van der Waals surface area contributed by atoms with E-state index < -0.39 is 0 Å². The van der Waals surface area contributed by atoms with Crippen LogP contribution in [0.15, 0.2) is 36.5 Å². The Morgan fingerprint density at radius 3 is 2.50 bits per heavy atom. The lowest BCUT2D eigenvalue weighted by atomic mass is 10.1. The molecule has 0 radical (unpaired) electrons. The molecule has 1 aromatic heterocycles. The maximum atomic E-state index is 9.20. The van der Waals surface area contributed by atoms with E-state index in [0.717, 1.165) is 11.4 Å². The highest BCUT2D eigenvalue weighted by Crippen LogP contribution is 2.19. The molecule has 1 atom stereocenters. The van der Waals surface area contributed by atoms with E-state index in [1.165, 1.54) is 0 Å². The van der Waals surface area contributed by atoms with Crippen molar-refractivity contribution in [2.75, 3.05) is 5.32 Å². The van der Waals surface area contributed by atoms with Gasteiger partial charge in [0, 0.05) is 19.3 Å². The summed E-state index contributed by atoms with van der Waals surface area (Å²) >= 11 is 0. The molecule has 84 valence electrons. The summed E-state index contributed by atoms with van der Waals surface area (Å²) in [5.41, 5.74) is 1.11. The molecule has 0 amide bonds. The van der Waals surface area contributed by atoms with Gasteiger partial charge in [-0.05, 0) is 24.6 Å². The van der Waals surface area contributed by atoms with Crippen molar-refractivity contribution >= 4 is 5.82 Å². The van der Waals surface area contributed by atoms with E-state index in [1.807, 2.05) is 31.4 Å². The Balaban J connectivity index is 2.08. The fourth-order valence-electron chi connectivity index (χ4n) is 1.56. The predicted molar refractivity (Wildman–Crippen MR) is 63.4 cm³/mol. The third-order valence-electron chi connectivity index (χ3n) is 2.47. The zero-order chi connectivity index (χ0) is 11.5. The Labute approximate surface area is 94.5 Å². The highest BCUT2D eigenvalue weighted by molar-refractivity contribution is 5.38. The van der Waals surface area contributed by atoms with Crippen LogP contribution < -0.4 is 5.32 Å². The number of phenolic OH excluding ortho intramolecular Hbond substituents is 1. The lowest BCUT2D eigenvalue weighted by Gasteiger charge is -2.13. The number of anilines is 1. The van der Waals surface area contributed by atoms with Crippen LogP contribution in [-0.4, -0.2) is 14.9 Å². The molecule has 2 N–H and O–H groups in total. The van der Waals surface area contributed by atoms with Crippen molar-refractivity contribution in [3.63, 3.8) is 0 Å². The van der Waals surface area contributed by atoms with Gasteiger partial charge in [0.25, 0.3) is 0 Å². The van der Waals surface area contributed by atoms with Crippen LogP contribution in [0.1, 0.15) is 18.5 Å². The van der Waals surface area contributed by atoms with Crippen LogP contribution in [0.3, 0.4) is 0 Å². The van der Waals surface area contributed by atoms with Gasteiger partial charge in [0.2, 0.25) is 0 Å². The Morgan fingerprint density at radius 2 is 1.94 bits per heavy atom. The number of rotatable bonds is 3. The molecule has 1 unspecified atom stereocenters. The van der Waals surface area contributed by atoms with Gasteiger partial charge in [0.1, 0.15) is 11.6 Å². The fourth-order valence-corrected chi connectivity index (χ4v) is 1.56. The average Bonchev–Trinajstić information content (AvgIpc) is 2.65. The molecular formula is C12H15N3O. The summed E-state index contributed by atoms with van der Waals surface area (Å²) in [6.07, 6.45) is 1.89. The minimum atomic E-state index is 0.162. The SMILES string of the molecule is CC(Nc1ccn(C)n1)c1ccc(O)cc1. The molecule has 0 spiro atoms. The largest absolute Gasteiger partial charge is 0.508 e. The van der Waals surface area contributed by atoms with Crippen molar-refractivity contribution in [2.24, 2.45) is 7.05 Å². The Bertz CT molecular complexity index is 461. The smallest absolute Gasteiger partial charge is 0.148 e. The number of nitrogens with one attached hydrogen (secondary N) is 1. The number of phenols is 1. The van der Waals surface area contributed by atoms with Crippen LogP contribution in [0, 0.1) is 0 Å². The first-order valence-corrected chi connectivity index (χ1v) is 5.20. The minimum absolute atomic E-state index is 0.162. The van der Waals surface area contributed by atoms with Crippen molar-refractivity contribution in [2.45, 2.75) is 13.0 Å². The Hall–Kier alpha value is -1.97. The van der Waals surface area contributed by atoms with Gasteiger partial charge in [-0.25, -0.2) is 0 Å². The molecule has 0 aliphatic heterocycles. The topological polar surface area (TPSA) is 50.1 Å². The van der Waals surface area contributed by atoms with Gasteiger partial charge in [0.15, 0.2) is 0 Å². The molecule has 0 aliphatic carbocycles. The number of hydrogen-bond donors (Lipinski definition) is 2. The van der Waals surface area contributed by atoms with Crippen molar-refractivity contribution in [3.05, 3.63) is 42.1 Å². The monoisotopic (exact) mass is 217 g/mol. The summed E-state index contributed by atoms with van der Waals surface area (Å²) in [5.74, 6) is 1.14. The van der Waals surface area contributed by atoms with Crippen molar-refractivity contribution in [1.29, 1.82) is 0 Å². The number of nitrogens with zero attached hydrogens (tertiary/aromatic N) is 2. The molecule has 0 aliphatic rings. The summed E-state index contributed by atoms with van der Waals surface area (Å²) in [6.45, 7) is 2.06. The molecule has 16 heavy (non-hydrogen) atoms. The van der Waals surface area contributed by atoms with Gasteiger partial charge in [-0.15, -0.1) is 0 Å². The van der Waals surface area contributed by atoms with Crippen LogP contribution >= 0.6 is 0 Å². The molecule has 1 aromatic carbocycles. The standard InChI is InChI=1S/C12H15N3O/c1-9(10-3-5-11(16)6-4-10)13-12-7-8-15(2)14-12/h3-9,16H,1-2H3,(H,13,14). The summed E-state index contributed by atoms with van der Waals surface area (Å²) in [4.78, 5) is 0. The molecule has 0 saturated heterocycles. The Kier molecular flexibility index (Phi) is 2.81. The first-order valence-electron chi connectivity index (χ1n) is 5.20. The third-order valence-corrected chi connectivity index (χ3v) is 2.47. The fraction of sp³-hybridized carbons (Fsp3) is 0.250. The molecule has 0 saturated carbocycles. The van der Waals surface area contributed by atoms with Crippen molar-refractivity contribution in [1.82, 2.24) is 9.78 Å². The second kappa shape index (κ2) is 4.26. The van der Waals surface area contributed by atoms with E-state index in [9.17, 15) is 5.11 Å². The molecule has 4 heteroatoms. The number of aromatic nitrogens is 2. The molecule has 2 aromatic rings. The highest BCUT2D eigenvalue weighted by atomic mass is 16.3. The first kappa shape index (κ1) is 10.5. The van der Waals surface area contributed by atoms with E-state index in [4.69, 9.17) is 0 Å². The van der Waals surface area contributed by atoms with Crippen molar-refractivity contribution in [3.8, 4) is 5.75 Å². The van der Waals surface area contributed by atoms with Crippen LogP contribution in [0.25, 0.3) is 0 Å². The second-order valence-corrected chi connectivity index (χ2v) is 3.83. The lowest BCUT2D eigenvalue weighted by Crippen LogP contribution is -2.07. The predicted octanol–water partition coefficient (Wildman–Crippen LogP) is 2.30. The molecular weight excluding hydrogens is 202 g/mol. The summed E-state index contributed by atoms with van der Waals surface area (Å²) in [7, 11) is 1.89. The second-order valence-electron chi connectivity index (χ2n) is 3.83. The van der Waals surface area contributed by atoms with Gasteiger partial charge >= 0.3 is 0 Å². The number of aromatic hydroxyl groups is 1. The molecule has 4 nitrogen and oxygen atoms in total. The summed E-state index contributed by atoms with van der Waals surface area (Å²) < 4.78 is 1.76. The van der Waals surface area contributed by atoms with E-state index in [1.54, 1.807) is 16.8 Å². The van der Waals surface area contributed by atoms with Crippen LogP contribution in [0.2, 0.25) is 0 Å². The average molecular weight is 217 g/mol. The number of benzene rings is 1. The van der Waals surface area contributed by atoms with E-state index >= 15 is 0 Å². The van der Waals surface area contributed by atoms with Gasteiger partial charge < -0.3 is 10.4 Å². The summed E-state index contributed by atoms with van der Waals surface area (Å²) in [6, 6.07) is 9.26. The van der Waals surface area contributed by atoms with Crippen LogP contribution in [0.5, 0.6) is 5.75 Å². The lowest BCUT2D eigenvalue weighted by molar-refractivity contribution is 0.475. The third kappa shape index (κ3) is 2.34. The Morgan fingerprint density at radius 1 is 1.25 bits per heavy atom. The van der Waals surface area contributed by atoms with E-state index in [0.29, 0.717) is 0 Å². The normalized spacial score (nSPS) is 12.4. The van der Waals surface area contributed by atoms with Crippen LogP contribution in [0.4, 0.5) is 5.82 Å². The maximum Gasteiger partial charge on any atom is 0.148 e. The summed E-state index contributed by atoms with van der Waals surface area (Å²) in [5, 5.41) is 16.7. The number of hydrogen-bond acceptors (Lipinski definition) is 3. The molecule has 0 bridgehead atoms. The maximum absolute atomic E-state index is 9.20. The quantitative estimate of drug-likeness (QED) is 0.829. The van der Waals surface area contributed by atoms with E-state index in [-0.39, 0.29) is 11.8 Å². The van der Waals surface area contributed by atoms with Gasteiger partial charge in [-0.1, -0.05) is 12.1 Å². The van der Waals surface area contributed by atoms with Gasteiger partial charge in [0.05, 0.1) is 6.04 Å². The highest BCUT2D eigenvalue weighted by Gasteiger charge is 2.06. The molecule has 2 rings (SSSR count). The van der Waals surface area contributed by atoms with Crippen molar-refractivity contribution < 1.29 is 5.11 Å². The first-order chi connectivity index (χ1) is 7.65.